The first-order valence-corrected chi connectivity index (χ1v) is 8.88. The van der Waals surface area contributed by atoms with E-state index in [2.05, 4.69) is 5.32 Å². The standard InChI is InChI=1S/C13H17F3N2O3S2/c1-9(17-12(19)8-22-13(14,15)16)10-4-6-11(7-5-10)23(20,21)18(2)3/h4-7,9H,8H2,1-3H3,(H,17,19)/t9-/m1/s1. The molecule has 130 valence electrons. The number of nitrogens with one attached hydrogen (secondary N) is 1. The van der Waals surface area contributed by atoms with Crippen molar-refractivity contribution in [2.24, 2.45) is 0 Å². The lowest BCUT2D eigenvalue weighted by Gasteiger charge is -2.16. The smallest absolute Gasteiger partial charge is 0.349 e. The van der Waals surface area contributed by atoms with Gasteiger partial charge >= 0.3 is 5.51 Å². The molecule has 0 spiro atoms. The molecule has 0 heterocycles. The minimum absolute atomic E-state index is 0.0948. The van der Waals surface area contributed by atoms with Crippen molar-refractivity contribution in [3.8, 4) is 0 Å². The highest BCUT2D eigenvalue weighted by Gasteiger charge is 2.29. The van der Waals surface area contributed by atoms with Crippen molar-refractivity contribution in [3.63, 3.8) is 0 Å². The summed E-state index contributed by atoms with van der Waals surface area (Å²) in [6.07, 6.45) is 0. The molecule has 0 aliphatic heterocycles. The maximum Gasteiger partial charge on any atom is 0.442 e. The molecule has 10 heteroatoms. The molecular formula is C13H17F3N2O3S2. The lowest BCUT2D eigenvalue weighted by Crippen LogP contribution is -2.29. The van der Waals surface area contributed by atoms with E-state index in [1.54, 1.807) is 6.92 Å². The molecule has 5 nitrogen and oxygen atoms in total. The van der Waals surface area contributed by atoms with Crippen molar-refractivity contribution in [3.05, 3.63) is 29.8 Å². The molecule has 0 saturated carbocycles. The molecule has 1 N–H and O–H groups in total. The first kappa shape index (κ1) is 19.8. The third-order valence-corrected chi connectivity index (χ3v) is 5.47. The molecule has 1 amide bonds. The van der Waals surface area contributed by atoms with Gasteiger partial charge in [-0.05, 0) is 36.4 Å². The van der Waals surface area contributed by atoms with Gasteiger partial charge in [-0.2, -0.15) is 13.2 Å². The van der Waals surface area contributed by atoms with Gasteiger partial charge in [-0.25, -0.2) is 12.7 Å². The molecule has 1 atom stereocenters. The average Bonchev–Trinajstić information content (AvgIpc) is 2.44. The van der Waals surface area contributed by atoms with E-state index in [0.29, 0.717) is 5.56 Å². The number of carbonyl (C=O) groups is 1. The van der Waals surface area contributed by atoms with Crippen molar-refractivity contribution in [2.75, 3.05) is 19.8 Å². The number of hydrogen-bond donors (Lipinski definition) is 1. The Labute approximate surface area is 137 Å². The van der Waals surface area contributed by atoms with Gasteiger partial charge in [0, 0.05) is 14.1 Å². The Morgan fingerprint density at radius 1 is 1.26 bits per heavy atom. The zero-order chi connectivity index (χ0) is 17.8. The fraction of sp³-hybridized carbons (Fsp3) is 0.462. The zero-order valence-electron chi connectivity index (χ0n) is 12.7. The molecule has 1 rings (SSSR count). The molecule has 0 saturated heterocycles. The summed E-state index contributed by atoms with van der Waals surface area (Å²) < 4.78 is 61.0. The summed E-state index contributed by atoms with van der Waals surface area (Å²) in [5.74, 6) is -1.47. The van der Waals surface area contributed by atoms with Crippen molar-refractivity contribution in [2.45, 2.75) is 23.4 Å². The van der Waals surface area contributed by atoms with Gasteiger partial charge in [0.15, 0.2) is 0 Å². The van der Waals surface area contributed by atoms with E-state index in [4.69, 9.17) is 0 Å². The van der Waals surface area contributed by atoms with E-state index in [0.717, 1.165) is 4.31 Å². The molecule has 23 heavy (non-hydrogen) atoms. The summed E-state index contributed by atoms with van der Waals surface area (Å²) in [6, 6.07) is 5.26. The second-order valence-corrected chi connectivity index (χ2v) is 8.07. The molecule has 0 aliphatic rings. The first-order chi connectivity index (χ1) is 10.4. The highest BCUT2D eigenvalue weighted by Crippen LogP contribution is 2.29. The Balaban J connectivity index is 2.71. The van der Waals surface area contributed by atoms with Crippen LogP contribution in [0.1, 0.15) is 18.5 Å². The van der Waals surface area contributed by atoms with Gasteiger partial charge < -0.3 is 5.32 Å². The van der Waals surface area contributed by atoms with Gasteiger partial charge in [0.25, 0.3) is 0 Å². The van der Waals surface area contributed by atoms with E-state index in [-0.39, 0.29) is 4.90 Å². The van der Waals surface area contributed by atoms with Gasteiger partial charge in [-0.15, -0.1) is 0 Å². The normalized spacial score (nSPS) is 13.9. The van der Waals surface area contributed by atoms with Crippen LogP contribution >= 0.6 is 11.8 Å². The quantitative estimate of drug-likeness (QED) is 0.835. The molecule has 0 aromatic heterocycles. The number of hydrogen-bond acceptors (Lipinski definition) is 4. The number of rotatable bonds is 6. The Hall–Kier alpha value is -1.26. The van der Waals surface area contributed by atoms with Crippen molar-refractivity contribution in [1.82, 2.24) is 9.62 Å². The molecule has 0 bridgehead atoms. The summed E-state index contributed by atoms with van der Waals surface area (Å²) in [7, 11) is -0.735. The topological polar surface area (TPSA) is 66.5 Å². The van der Waals surface area contributed by atoms with Crippen LogP contribution < -0.4 is 5.32 Å². The van der Waals surface area contributed by atoms with Gasteiger partial charge in [0.1, 0.15) is 0 Å². The van der Waals surface area contributed by atoms with Crippen LogP contribution in [0.3, 0.4) is 0 Å². The Morgan fingerprint density at radius 3 is 2.22 bits per heavy atom. The van der Waals surface area contributed by atoms with Crippen molar-refractivity contribution >= 4 is 27.7 Å². The molecule has 1 aromatic carbocycles. The van der Waals surface area contributed by atoms with Crippen LogP contribution in [0.5, 0.6) is 0 Å². The highest BCUT2D eigenvalue weighted by molar-refractivity contribution is 8.00. The van der Waals surface area contributed by atoms with Gasteiger partial charge in [0.05, 0.1) is 16.7 Å². The molecule has 0 unspecified atom stereocenters. The molecule has 0 aliphatic carbocycles. The molecule has 1 aromatic rings. The fourth-order valence-electron chi connectivity index (χ4n) is 1.65. The number of benzene rings is 1. The Morgan fingerprint density at radius 2 is 1.78 bits per heavy atom. The molecule has 0 radical (unpaired) electrons. The second-order valence-electron chi connectivity index (χ2n) is 4.88. The SMILES string of the molecule is C[C@@H](NC(=O)CSC(F)(F)F)c1ccc(S(=O)(=O)N(C)C)cc1. The van der Waals surface area contributed by atoms with Gasteiger partial charge in [-0.1, -0.05) is 12.1 Å². The number of sulfonamides is 1. The summed E-state index contributed by atoms with van der Waals surface area (Å²) in [4.78, 5) is 11.5. The minimum atomic E-state index is -4.46. The number of alkyl halides is 3. The fourth-order valence-corrected chi connectivity index (χ4v) is 2.93. The van der Waals surface area contributed by atoms with E-state index in [9.17, 15) is 26.4 Å². The average molecular weight is 370 g/mol. The predicted octanol–water partition coefficient (Wildman–Crippen LogP) is 2.37. The maximum absolute atomic E-state index is 12.0. The molecule has 0 fully saturated rings. The summed E-state index contributed by atoms with van der Waals surface area (Å²) in [5, 5.41) is 2.43. The van der Waals surface area contributed by atoms with Crippen LogP contribution in [-0.2, 0) is 14.8 Å². The van der Waals surface area contributed by atoms with Gasteiger partial charge in [0.2, 0.25) is 15.9 Å². The third-order valence-electron chi connectivity index (χ3n) is 2.90. The molecular weight excluding hydrogens is 353 g/mol. The number of amides is 1. The van der Waals surface area contributed by atoms with Crippen molar-refractivity contribution in [1.29, 1.82) is 0 Å². The van der Waals surface area contributed by atoms with Crippen LogP contribution in [-0.4, -0.2) is 44.0 Å². The lowest BCUT2D eigenvalue weighted by atomic mass is 10.1. The van der Waals surface area contributed by atoms with Gasteiger partial charge in [-0.3, -0.25) is 4.79 Å². The Kier molecular flexibility index (Phi) is 6.49. The maximum atomic E-state index is 12.0. The number of halogens is 3. The minimum Gasteiger partial charge on any atom is -0.349 e. The van der Waals surface area contributed by atoms with Crippen LogP contribution in [0.15, 0.2) is 29.2 Å². The summed E-state index contributed by atoms with van der Waals surface area (Å²) in [5.41, 5.74) is -3.86. The first-order valence-electron chi connectivity index (χ1n) is 6.46. The van der Waals surface area contributed by atoms with Crippen LogP contribution in [0, 0.1) is 0 Å². The largest absolute Gasteiger partial charge is 0.442 e. The monoisotopic (exact) mass is 370 g/mol. The predicted molar refractivity (Wildman–Crippen MR) is 82.4 cm³/mol. The zero-order valence-corrected chi connectivity index (χ0v) is 14.3. The van der Waals surface area contributed by atoms with Crippen LogP contribution in [0.25, 0.3) is 0 Å². The number of thioether (sulfide) groups is 1. The number of carbonyl (C=O) groups excluding carboxylic acids is 1. The van der Waals surface area contributed by atoms with E-state index in [1.165, 1.54) is 38.4 Å². The van der Waals surface area contributed by atoms with E-state index in [1.807, 2.05) is 0 Å². The van der Waals surface area contributed by atoms with E-state index >= 15 is 0 Å². The van der Waals surface area contributed by atoms with Crippen LogP contribution in [0.2, 0.25) is 0 Å². The van der Waals surface area contributed by atoms with Crippen LogP contribution in [0.4, 0.5) is 13.2 Å². The summed E-state index contributed by atoms with van der Waals surface area (Å²) >= 11 is -0.409. The second kappa shape index (κ2) is 7.54. The Bertz CT molecular complexity index is 643. The highest BCUT2D eigenvalue weighted by atomic mass is 32.2. The summed E-state index contributed by atoms with van der Waals surface area (Å²) in [6.45, 7) is 1.60. The van der Waals surface area contributed by atoms with E-state index < -0.39 is 45.0 Å². The third kappa shape index (κ3) is 6.04. The van der Waals surface area contributed by atoms with Crippen molar-refractivity contribution < 1.29 is 26.4 Å². The number of nitrogens with zero attached hydrogens (tertiary/aromatic N) is 1. The lowest BCUT2D eigenvalue weighted by molar-refractivity contribution is -0.119.